The molecule has 0 aliphatic rings. The van der Waals surface area contributed by atoms with Gasteiger partial charge in [0.05, 0.1) is 37.0 Å². The summed E-state index contributed by atoms with van der Waals surface area (Å²) in [4.78, 5) is 35.4. The summed E-state index contributed by atoms with van der Waals surface area (Å²) in [6.07, 6.45) is -1.19. The first-order valence-corrected chi connectivity index (χ1v) is 9.81. The third kappa shape index (κ3) is 6.34. The molecule has 10 nitrogen and oxygen atoms in total. The predicted octanol–water partition coefficient (Wildman–Crippen LogP) is 3.83. The van der Waals surface area contributed by atoms with E-state index in [4.69, 9.17) is 18.9 Å². The number of methoxy groups -OCH3 is 2. The molecule has 0 aliphatic heterocycles. The summed E-state index contributed by atoms with van der Waals surface area (Å²) in [6, 6.07) is 8.34. The van der Waals surface area contributed by atoms with Gasteiger partial charge in [0.1, 0.15) is 5.75 Å². The van der Waals surface area contributed by atoms with E-state index in [1.165, 1.54) is 45.4 Å². The van der Waals surface area contributed by atoms with Crippen molar-refractivity contribution in [2.75, 3.05) is 26.1 Å². The molecule has 2 rings (SSSR count). The van der Waals surface area contributed by atoms with Crippen molar-refractivity contribution in [1.29, 1.82) is 0 Å². The number of amides is 1. The average molecular weight is 446 g/mol. The Kier molecular flexibility index (Phi) is 8.39. The van der Waals surface area contributed by atoms with E-state index in [0.29, 0.717) is 24.0 Å². The first kappa shape index (κ1) is 24.4. The molecule has 0 heterocycles. The van der Waals surface area contributed by atoms with Gasteiger partial charge in [-0.05, 0) is 37.1 Å². The lowest BCUT2D eigenvalue weighted by molar-refractivity contribution is -0.384. The van der Waals surface area contributed by atoms with Crippen LogP contribution in [0.15, 0.2) is 36.4 Å². The maximum atomic E-state index is 12.5. The Morgan fingerprint density at radius 3 is 2.25 bits per heavy atom. The lowest BCUT2D eigenvalue weighted by Gasteiger charge is -2.16. The van der Waals surface area contributed by atoms with Gasteiger partial charge in [0.15, 0.2) is 17.6 Å². The number of esters is 1. The van der Waals surface area contributed by atoms with Crippen molar-refractivity contribution in [2.45, 2.75) is 26.9 Å². The van der Waals surface area contributed by atoms with Crippen LogP contribution >= 0.6 is 0 Å². The fourth-order valence-corrected chi connectivity index (χ4v) is 2.59. The summed E-state index contributed by atoms with van der Waals surface area (Å²) in [5.74, 6) is -0.0363. The van der Waals surface area contributed by atoms with Gasteiger partial charge in [-0.2, -0.15) is 0 Å². The molecule has 1 amide bonds. The van der Waals surface area contributed by atoms with Crippen molar-refractivity contribution in [1.82, 2.24) is 0 Å². The van der Waals surface area contributed by atoms with Gasteiger partial charge >= 0.3 is 5.97 Å². The molecule has 10 heteroatoms. The molecule has 1 atom stereocenters. The van der Waals surface area contributed by atoms with E-state index in [1.807, 2.05) is 13.8 Å². The van der Waals surface area contributed by atoms with Crippen LogP contribution in [-0.4, -0.2) is 43.7 Å². The Morgan fingerprint density at radius 1 is 1.00 bits per heavy atom. The zero-order chi connectivity index (χ0) is 23.8. The molecule has 0 unspecified atom stereocenters. The van der Waals surface area contributed by atoms with Crippen molar-refractivity contribution in [3.05, 3.63) is 52.1 Å². The second-order valence-electron chi connectivity index (χ2n) is 7.25. The quantitative estimate of drug-likeness (QED) is 0.331. The van der Waals surface area contributed by atoms with Crippen molar-refractivity contribution in [3.8, 4) is 17.2 Å². The highest BCUT2D eigenvalue weighted by atomic mass is 16.6. The standard InChI is InChI=1S/C22H26N2O8/c1-13(2)12-31-19-8-6-15(10-20(19)30-5)22(26)32-14(3)21(25)23-17-11-16(24(27)28)7-9-18(17)29-4/h6-11,13-14H,12H2,1-5H3,(H,23,25)/t14-/m1/s1. The molecule has 0 saturated heterocycles. The van der Waals surface area contributed by atoms with E-state index in [2.05, 4.69) is 5.32 Å². The first-order valence-electron chi connectivity index (χ1n) is 9.81. The summed E-state index contributed by atoms with van der Waals surface area (Å²) in [5.41, 5.74) is 0.0341. The van der Waals surface area contributed by atoms with Crippen molar-refractivity contribution < 1.29 is 33.5 Å². The van der Waals surface area contributed by atoms with E-state index < -0.39 is 22.9 Å². The number of benzene rings is 2. The smallest absolute Gasteiger partial charge is 0.339 e. The van der Waals surface area contributed by atoms with E-state index in [-0.39, 0.29) is 22.7 Å². The first-order chi connectivity index (χ1) is 15.2. The topological polar surface area (TPSA) is 126 Å². The molecule has 2 aromatic rings. The Bertz CT molecular complexity index is 990. The Morgan fingerprint density at radius 2 is 1.66 bits per heavy atom. The summed E-state index contributed by atoms with van der Waals surface area (Å²) in [5, 5.41) is 13.5. The van der Waals surface area contributed by atoms with E-state index in [1.54, 1.807) is 6.07 Å². The zero-order valence-electron chi connectivity index (χ0n) is 18.5. The van der Waals surface area contributed by atoms with E-state index in [9.17, 15) is 19.7 Å². The summed E-state index contributed by atoms with van der Waals surface area (Å²) in [6.45, 7) is 5.88. The van der Waals surface area contributed by atoms with Crippen LogP contribution in [0.4, 0.5) is 11.4 Å². The van der Waals surface area contributed by atoms with Crippen LogP contribution in [-0.2, 0) is 9.53 Å². The summed E-state index contributed by atoms with van der Waals surface area (Å²) in [7, 11) is 2.82. The zero-order valence-corrected chi connectivity index (χ0v) is 18.5. The number of hydrogen-bond donors (Lipinski definition) is 1. The number of nitro benzene ring substituents is 1. The SMILES string of the molecule is COc1ccc([N+](=O)[O-])cc1NC(=O)[C@@H](C)OC(=O)c1ccc(OCC(C)C)c(OC)c1. The number of anilines is 1. The minimum absolute atomic E-state index is 0.0860. The number of carbonyl (C=O) groups is 2. The van der Waals surface area contributed by atoms with Gasteiger partial charge < -0.3 is 24.3 Å². The minimum atomic E-state index is -1.19. The van der Waals surface area contributed by atoms with Gasteiger partial charge in [-0.3, -0.25) is 14.9 Å². The monoisotopic (exact) mass is 446 g/mol. The maximum Gasteiger partial charge on any atom is 0.339 e. The van der Waals surface area contributed by atoms with Gasteiger partial charge in [0.2, 0.25) is 0 Å². The van der Waals surface area contributed by atoms with Crippen LogP contribution in [0.25, 0.3) is 0 Å². The summed E-state index contributed by atoms with van der Waals surface area (Å²) < 4.78 is 21.3. The van der Waals surface area contributed by atoms with Crippen LogP contribution in [0.1, 0.15) is 31.1 Å². The molecule has 172 valence electrons. The lowest BCUT2D eigenvalue weighted by Crippen LogP contribution is -2.30. The molecule has 0 saturated carbocycles. The van der Waals surface area contributed by atoms with E-state index in [0.717, 1.165) is 6.07 Å². The predicted molar refractivity (Wildman–Crippen MR) is 116 cm³/mol. The van der Waals surface area contributed by atoms with Gasteiger partial charge in [-0.1, -0.05) is 13.8 Å². The maximum absolute atomic E-state index is 12.5. The number of ether oxygens (including phenoxy) is 4. The van der Waals surface area contributed by atoms with Crippen LogP contribution in [0.3, 0.4) is 0 Å². The number of hydrogen-bond acceptors (Lipinski definition) is 8. The van der Waals surface area contributed by atoms with Crippen molar-refractivity contribution in [2.24, 2.45) is 5.92 Å². The van der Waals surface area contributed by atoms with Gasteiger partial charge in [-0.15, -0.1) is 0 Å². The number of nitro groups is 1. The highest BCUT2D eigenvalue weighted by Gasteiger charge is 2.22. The summed E-state index contributed by atoms with van der Waals surface area (Å²) >= 11 is 0. The van der Waals surface area contributed by atoms with Crippen molar-refractivity contribution >= 4 is 23.3 Å². The van der Waals surface area contributed by atoms with E-state index >= 15 is 0 Å². The molecule has 0 fully saturated rings. The number of carbonyl (C=O) groups excluding carboxylic acids is 2. The fraction of sp³-hybridized carbons (Fsp3) is 0.364. The lowest BCUT2D eigenvalue weighted by atomic mass is 10.2. The Labute approximate surface area is 185 Å². The highest BCUT2D eigenvalue weighted by Crippen LogP contribution is 2.30. The second kappa shape index (κ2) is 11.0. The highest BCUT2D eigenvalue weighted by molar-refractivity contribution is 5.98. The molecular weight excluding hydrogens is 420 g/mol. The van der Waals surface area contributed by atoms with Gasteiger partial charge in [0, 0.05) is 12.1 Å². The molecule has 0 aromatic heterocycles. The fourth-order valence-electron chi connectivity index (χ4n) is 2.59. The van der Waals surface area contributed by atoms with Gasteiger partial charge in [-0.25, -0.2) is 4.79 Å². The van der Waals surface area contributed by atoms with Gasteiger partial charge in [0.25, 0.3) is 11.6 Å². The molecule has 32 heavy (non-hydrogen) atoms. The van der Waals surface area contributed by atoms with Crippen LogP contribution in [0.2, 0.25) is 0 Å². The average Bonchev–Trinajstić information content (AvgIpc) is 2.77. The second-order valence-corrected chi connectivity index (χ2v) is 7.25. The van der Waals surface area contributed by atoms with Crippen LogP contribution in [0.5, 0.6) is 17.2 Å². The molecule has 2 aromatic carbocycles. The van der Waals surface area contributed by atoms with Crippen LogP contribution < -0.4 is 19.5 Å². The third-order valence-corrected chi connectivity index (χ3v) is 4.28. The largest absolute Gasteiger partial charge is 0.495 e. The third-order valence-electron chi connectivity index (χ3n) is 4.28. The number of nitrogens with one attached hydrogen (secondary N) is 1. The van der Waals surface area contributed by atoms with Crippen LogP contribution in [0, 0.1) is 16.0 Å². The molecule has 0 radical (unpaired) electrons. The number of nitrogens with zero attached hydrogens (tertiary/aromatic N) is 1. The minimum Gasteiger partial charge on any atom is -0.495 e. The molecular formula is C22H26N2O8. The molecule has 0 aliphatic carbocycles. The van der Waals surface area contributed by atoms with Crippen molar-refractivity contribution in [3.63, 3.8) is 0 Å². The molecule has 0 spiro atoms. The Balaban J connectivity index is 2.09. The normalized spacial score (nSPS) is 11.4. The Hall–Kier alpha value is -3.82. The molecule has 1 N–H and O–H groups in total. The number of non-ortho nitro benzene ring substituents is 1. The number of rotatable bonds is 10. The molecule has 0 bridgehead atoms.